The fraction of sp³-hybridized carbons (Fsp3) is 0.833. The van der Waals surface area contributed by atoms with E-state index in [4.69, 9.17) is 29.5 Å². The Morgan fingerprint density at radius 3 is 1.75 bits per heavy atom. The number of carbonyl (C=O) groups excluding carboxylic acids is 3. The Labute approximate surface area is 167 Å². The molecule has 1 amide bonds. The van der Waals surface area contributed by atoms with Gasteiger partial charge in [-0.2, -0.15) is 5.06 Å². The van der Waals surface area contributed by atoms with Gasteiger partial charge in [0.15, 0.2) is 0 Å². The summed E-state index contributed by atoms with van der Waals surface area (Å²) in [6.45, 7) is 7.80. The molecule has 0 spiro atoms. The lowest BCUT2D eigenvalue weighted by atomic mass is 10.3. The highest BCUT2D eigenvalue weighted by Crippen LogP contribution is 1.98. The standard InChI is InChI=1S/C16H30N2O8.C2H6/c1-18(15(20)3-2-6-19)26-16(21)4-7-22-9-11-24-13-14-25-12-10-23-8-5-17;1-2/h6H,2-5,7-14,17H2,1H3;1-2H3. The maximum Gasteiger partial charge on any atom is 0.334 e. The molecule has 0 aliphatic carbocycles. The molecule has 0 heterocycles. The second kappa shape index (κ2) is 23.4. The van der Waals surface area contributed by atoms with Crippen LogP contribution in [0.1, 0.15) is 33.1 Å². The van der Waals surface area contributed by atoms with Gasteiger partial charge in [0.1, 0.15) is 6.29 Å². The van der Waals surface area contributed by atoms with Crippen molar-refractivity contribution in [2.24, 2.45) is 5.73 Å². The Morgan fingerprint density at radius 1 is 0.821 bits per heavy atom. The van der Waals surface area contributed by atoms with Crippen molar-refractivity contribution < 1.29 is 38.2 Å². The molecule has 10 heteroatoms. The molecule has 166 valence electrons. The lowest BCUT2D eigenvalue weighted by molar-refractivity contribution is -0.193. The minimum atomic E-state index is -0.585. The van der Waals surface area contributed by atoms with Crippen LogP contribution in [-0.2, 0) is 38.2 Å². The van der Waals surface area contributed by atoms with E-state index in [9.17, 15) is 14.4 Å². The van der Waals surface area contributed by atoms with Crippen LogP contribution < -0.4 is 5.73 Å². The predicted molar refractivity (Wildman–Crippen MR) is 102 cm³/mol. The number of nitrogens with zero attached hydrogens (tertiary/aromatic N) is 1. The van der Waals surface area contributed by atoms with E-state index in [0.717, 1.165) is 5.06 Å². The molecule has 0 fully saturated rings. The van der Waals surface area contributed by atoms with Crippen molar-refractivity contribution in [3.63, 3.8) is 0 Å². The van der Waals surface area contributed by atoms with Crippen LogP contribution in [0.4, 0.5) is 0 Å². The lowest BCUT2D eigenvalue weighted by Gasteiger charge is -2.15. The first-order valence-electron chi connectivity index (χ1n) is 9.53. The molecule has 0 aromatic carbocycles. The molecule has 0 bridgehead atoms. The van der Waals surface area contributed by atoms with E-state index in [1.165, 1.54) is 7.05 Å². The third-order valence-electron chi connectivity index (χ3n) is 2.89. The van der Waals surface area contributed by atoms with Gasteiger partial charge in [-0.1, -0.05) is 13.8 Å². The average Bonchev–Trinajstić information content (AvgIpc) is 2.71. The Balaban J connectivity index is 0. The van der Waals surface area contributed by atoms with Crippen LogP contribution in [0.5, 0.6) is 0 Å². The Kier molecular flexibility index (Phi) is 24.0. The van der Waals surface area contributed by atoms with Gasteiger partial charge in [0.05, 0.1) is 59.3 Å². The fourth-order valence-corrected chi connectivity index (χ4v) is 1.59. The van der Waals surface area contributed by atoms with E-state index >= 15 is 0 Å². The summed E-state index contributed by atoms with van der Waals surface area (Å²) in [4.78, 5) is 37.9. The van der Waals surface area contributed by atoms with Crippen molar-refractivity contribution in [1.82, 2.24) is 5.06 Å². The van der Waals surface area contributed by atoms with Gasteiger partial charge >= 0.3 is 5.97 Å². The van der Waals surface area contributed by atoms with Crippen molar-refractivity contribution in [1.29, 1.82) is 0 Å². The molecule has 0 unspecified atom stereocenters. The molecule has 0 aromatic rings. The van der Waals surface area contributed by atoms with Crippen molar-refractivity contribution in [3.8, 4) is 0 Å². The van der Waals surface area contributed by atoms with Crippen molar-refractivity contribution in [2.75, 3.05) is 66.4 Å². The zero-order chi connectivity index (χ0) is 21.5. The summed E-state index contributed by atoms with van der Waals surface area (Å²) in [6.07, 6.45) is 0.743. The molecule has 0 saturated heterocycles. The van der Waals surface area contributed by atoms with E-state index in [1.54, 1.807) is 0 Å². The number of amides is 1. The molecular formula is C18H36N2O8. The van der Waals surface area contributed by atoms with E-state index in [-0.39, 0.29) is 25.9 Å². The maximum absolute atomic E-state index is 11.5. The summed E-state index contributed by atoms with van der Waals surface area (Å²) in [7, 11) is 1.33. The minimum Gasteiger partial charge on any atom is -0.378 e. The highest BCUT2D eigenvalue weighted by atomic mass is 16.7. The van der Waals surface area contributed by atoms with Crippen LogP contribution in [0.2, 0.25) is 0 Å². The first kappa shape index (κ1) is 28.6. The van der Waals surface area contributed by atoms with Gasteiger partial charge in [0.25, 0.3) is 5.91 Å². The first-order valence-corrected chi connectivity index (χ1v) is 9.53. The van der Waals surface area contributed by atoms with Crippen LogP contribution in [0.25, 0.3) is 0 Å². The van der Waals surface area contributed by atoms with Gasteiger partial charge < -0.3 is 34.3 Å². The summed E-state index contributed by atoms with van der Waals surface area (Å²) >= 11 is 0. The molecule has 0 atom stereocenters. The van der Waals surface area contributed by atoms with Crippen LogP contribution >= 0.6 is 0 Å². The van der Waals surface area contributed by atoms with Crippen LogP contribution in [-0.4, -0.2) is 89.7 Å². The second-order valence-corrected chi connectivity index (χ2v) is 5.05. The second-order valence-electron chi connectivity index (χ2n) is 5.05. The average molecular weight is 408 g/mol. The quantitative estimate of drug-likeness (QED) is 0.206. The lowest BCUT2D eigenvalue weighted by Crippen LogP contribution is -2.30. The van der Waals surface area contributed by atoms with Crippen LogP contribution in [0.15, 0.2) is 0 Å². The molecule has 0 aromatic heterocycles. The van der Waals surface area contributed by atoms with Crippen molar-refractivity contribution in [2.45, 2.75) is 33.1 Å². The smallest absolute Gasteiger partial charge is 0.334 e. The third kappa shape index (κ3) is 20.7. The number of aldehydes is 1. The molecule has 2 N–H and O–H groups in total. The summed E-state index contributed by atoms with van der Waals surface area (Å²) in [6, 6.07) is 0. The monoisotopic (exact) mass is 408 g/mol. The zero-order valence-electron chi connectivity index (χ0n) is 17.4. The SMILES string of the molecule is CC.CN(OC(=O)CCOCCOCCOCCOCCN)C(=O)CCC=O. The number of carbonyl (C=O) groups is 3. The number of hydrogen-bond donors (Lipinski definition) is 1. The van der Waals surface area contributed by atoms with Gasteiger partial charge in [-0.3, -0.25) is 4.79 Å². The number of ether oxygens (including phenoxy) is 4. The van der Waals surface area contributed by atoms with E-state index in [0.29, 0.717) is 59.1 Å². The first-order chi connectivity index (χ1) is 13.6. The Hall–Kier alpha value is -1.59. The van der Waals surface area contributed by atoms with E-state index in [1.807, 2.05) is 13.8 Å². The number of nitrogens with two attached hydrogens (primary N) is 1. The van der Waals surface area contributed by atoms with Gasteiger partial charge in [-0.25, -0.2) is 4.79 Å². The van der Waals surface area contributed by atoms with Gasteiger partial charge in [-0.15, -0.1) is 0 Å². The molecule has 10 nitrogen and oxygen atoms in total. The fourth-order valence-electron chi connectivity index (χ4n) is 1.59. The summed E-state index contributed by atoms with van der Waals surface area (Å²) in [5.74, 6) is -1.02. The largest absolute Gasteiger partial charge is 0.378 e. The zero-order valence-corrected chi connectivity index (χ0v) is 17.4. The number of rotatable bonds is 17. The molecule has 0 aliphatic rings. The van der Waals surface area contributed by atoms with Crippen molar-refractivity contribution in [3.05, 3.63) is 0 Å². The molecular weight excluding hydrogens is 372 g/mol. The molecule has 0 saturated carbocycles. The summed E-state index contributed by atoms with van der Waals surface area (Å²) in [5.41, 5.74) is 5.27. The third-order valence-corrected chi connectivity index (χ3v) is 2.89. The minimum absolute atomic E-state index is 0.00551. The molecule has 0 radical (unpaired) electrons. The summed E-state index contributed by atoms with van der Waals surface area (Å²) < 4.78 is 20.9. The molecule has 0 aliphatic heterocycles. The van der Waals surface area contributed by atoms with Gasteiger partial charge in [0.2, 0.25) is 0 Å². The maximum atomic E-state index is 11.5. The number of hydrogen-bond acceptors (Lipinski definition) is 9. The summed E-state index contributed by atoms with van der Waals surface area (Å²) in [5, 5.41) is 0.829. The van der Waals surface area contributed by atoms with Crippen LogP contribution in [0.3, 0.4) is 0 Å². The number of hydroxylamine groups is 2. The highest BCUT2D eigenvalue weighted by Gasteiger charge is 2.13. The highest BCUT2D eigenvalue weighted by molar-refractivity contribution is 5.79. The predicted octanol–water partition coefficient (Wildman–Crippen LogP) is 0.324. The van der Waals surface area contributed by atoms with E-state index in [2.05, 4.69) is 0 Å². The van der Waals surface area contributed by atoms with Gasteiger partial charge in [0, 0.05) is 26.4 Å². The van der Waals surface area contributed by atoms with E-state index < -0.39 is 11.9 Å². The topological polar surface area (TPSA) is 127 Å². The molecule has 0 rings (SSSR count). The van der Waals surface area contributed by atoms with Crippen molar-refractivity contribution >= 4 is 18.2 Å². The van der Waals surface area contributed by atoms with Crippen LogP contribution in [0, 0.1) is 0 Å². The molecule has 28 heavy (non-hydrogen) atoms. The normalized spacial score (nSPS) is 10.0. The van der Waals surface area contributed by atoms with Gasteiger partial charge in [-0.05, 0) is 0 Å². The Bertz CT molecular complexity index is 383. The Morgan fingerprint density at radius 2 is 1.29 bits per heavy atom.